The van der Waals surface area contributed by atoms with Gasteiger partial charge in [-0.25, -0.2) is 0 Å². The van der Waals surface area contributed by atoms with Crippen LogP contribution < -0.4 is 5.32 Å². The van der Waals surface area contributed by atoms with Gasteiger partial charge in [0.1, 0.15) is 6.04 Å². The van der Waals surface area contributed by atoms with Crippen LogP contribution in [0.2, 0.25) is 5.02 Å². The van der Waals surface area contributed by atoms with Crippen molar-refractivity contribution in [3.8, 4) is 0 Å². The third kappa shape index (κ3) is 7.87. The highest BCUT2D eigenvalue weighted by atomic mass is 35.5. The largest absolute Gasteiger partial charge is 0.352 e. The first-order chi connectivity index (χ1) is 17.6. The number of carbonyl (C=O) groups is 2. The summed E-state index contributed by atoms with van der Waals surface area (Å²) in [4.78, 5) is 29.1. The van der Waals surface area contributed by atoms with E-state index in [1.807, 2.05) is 84.9 Å². The Morgan fingerprint density at radius 1 is 0.861 bits per heavy atom. The van der Waals surface area contributed by atoms with Crippen molar-refractivity contribution in [2.45, 2.75) is 56.5 Å². The number of hydrogen-bond acceptors (Lipinski definition) is 3. The number of thioether (sulfide) groups is 1. The van der Waals surface area contributed by atoms with Gasteiger partial charge in [-0.15, -0.1) is 11.8 Å². The molecule has 3 aromatic rings. The van der Waals surface area contributed by atoms with Gasteiger partial charge in [-0.1, -0.05) is 97.2 Å². The average molecular weight is 521 g/mol. The molecule has 1 N–H and O–H groups in total. The summed E-state index contributed by atoms with van der Waals surface area (Å²) >= 11 is 7.56. The van der Waals surface area contributed by atoms with Gasteiger partial charge in [0.15, 0.2) is 0 Å². The van der Waals surface area contributed by atoms with Gasteiger partial charge in [-0.3, -0.25) is 9.59 Å². The molecule has 0 unspecified atom stereocenters. The van der Waals surface area contributed by atoms with Crippen molar-refractivity contribution in [3.05, 3.63) is 107 Å². The highest BCUT2D eigenvalue weighted by molar-refractivity contribution is 7.99. The first-order valence-corrected chi connectivity index (χ1v) is 14.1. The highest BCUT2D eigenvalue weighted by Gasteiger charge is 2.32. The van der Waals surface area contributed by atoms with E-state index in [9.17, 15) is 9.59 Å². The van der Waals surface area contributed by atoms with Gasteiger partial charge in [0.25, 0.3) is 0 Å². The fourth-order valence-corrected chi connectivity index (χ4v) is 5.62. The zero-order valence-electron chi connectivity index (χ0n) is 20.4. The van der Waals surface area contributed by atoms with Crippen molar-refractivity contribution in [2.24, 2.45) is 0 Å². The van der Waals surface area contributed by atoms with E-state index in [4.69, 9.17) is 11.6 Å². The molecule has 0 saturated heterocycles. The molecule has 1 saturated carbocycles. The van der Waals surface area contributed by atoms with Gasteiger partial charge < -0.3 is 10.2 Å². The van der Waals surface area contributed by atoms with Crippen LogP contribution >= 0.6 is 23.4 Å². The van der Waals surface area contributed by atoms with Crippen LogP contribution in [0.5, 0.6) is 0 Å². The molecule has 2 amide bonds. The molecule has 0 aromatic heterocycles. The molecule has 188 valence electrons. The van der Waals surface area contributed by atoms with Gasteiger partial charge in [0, 0.05) is 29.8 Å². The molecule has 4 nitrogen and oxygen atoms in total. The van der Waals surface area contributed by atoms with E-state index in [1.165, 1.54) is 0 Å². The molecule has 0 spiro atoms. The lowest BCUT2D eigenvalue weighted by Gasteiger charge is -2.32. The highest BCUT2D eigenvalue weighted by Crippen LogP contribution is 2.21. The summed E-state index contributed by atoms with van der Waals surface area (Å²) in [5.74, 6) is 0.926. The lowest BCUT2D eigenvalue weighted by atomic mass is 10.0. The van der Waals surface area contributed by atoms with E-state index >= 15 is 0 Å². The first kappa shape index (κ1) is 26.3. The Morgan fingerprint density at radius 2 is 1.47 bits per heavy atom. The van der Waals surface area contributed by atoms with Gasteiger partial charge in [-0.2, -0.15) is 0 Å². The fourth-order valence-electron chi connectivity index (χ4n) is 4.62. The van der Waals surface area contributed by atoms with E-state index in [0.717, 1.165) is 42.4 Å². The molecule has 3 aromatic carbocycles. The van der Waals surface area contributed by atoms with E-state index in [0.29, 0.717) is 29.5 Å². The van der Waals surface area contributed by atoms with E-state index in [-0.39, 0.29) is 17.9 Å². The number of halogens is 1. The van der Waals surface area contributed by atoms with Gasteiger partial charge in [0.2, 0.25) is 11.8 Å². The van der Waals surface area contributed by atoms with Crippen LogP contribution in [0.4, 0.5) is 0 Å². The Labute approximate surface area is 223 Å². The first-order valence-electron chi connectivity index (χ1n) is 12.6. The minimum atomic E-state index is -0.572. The van der Waals surface area contributed by atoms with Crippen LogP contribution in [0.3, 0.4) is 0 Å². The molecule has 0 bridgehead atoms. The third-order valence-electron chi connectivity index (χ3n) is 6.58. The average Bonchev–Trinajstić information content (AvgIpc) is 3.41. The summed E-state index contributed by atoms with van der Waals surface area (Å²) < 4.78 is 0. The van der Waals surface area contributed by atoms with Crippen LogP contribution in [0.15, 0.2) is 84.9 Å². The van der Waals surface area contributed by atoms with Crippen molar-refractivity contribution in [1.82, 2.24) is 10.2 Å². The smallest absolute Gasteiger partial charge is 0.243 e. The van der Waals surface area contributed by atoms with Crippen LogP contribution in [0, 0.1) is 0 Å². The lowest BCUT2D eigenvalue weighted by molar-refractivity contribution is -0.139. The number of carbonyl (C=O) groups excluding carboxylic acids is 2. The number of benzene rings is 3. The van der Waals surface area contributed by atoms with Gasteiger partial charge in [-0.05, 0) is 41.7 Å². The zero-order valence-corrected chi connectivity index (χ0v) is 22.0. The Morgan fingerprint density at radius 3 is 2.11 bits per heavy atom. The number of nitrogens with zero attached hydrogens (tertiary/aromatic N) is 1. The SMILES string of the molecule is O=C(NC1CCCC1)[C@H](Cc1ccccc1)N(Cc1ccccc1)C(=O)CSCc1ccc(Cl)cc1. The van der Waals surface area contributed by atoms with Gasteiger partial charge >= 0.3 is 0 Å². The second kappa shape index (κ2) is 13.5. The van der Waals surface area contributed by atoms with Crippen molar-refractivity contribution in [2.75, 3.05) is 5.75 Å². The fraction of sp³-hybridized carbons (Fsp3) is 0.333. The molecule has 6 heteroatoms. The predicted molar refractivity (Wildman–Crippen MR) is 149 cm³/mol. The standard InChI is InChI=1S/C30H33ClN2O2S/c31-26-17-15-25(16-18-26)21-36-22-29(34)33(20-24-11-5-2-6-12-24)28(19-23-9-3-1-4-10-23)30(35)32-27-13-7-8-14-27/h1-6,9-12,15-18,27-28H,7-8,13-14,19-22H2,(H,32,35)/t28-/m0/s1. The maximum Gasteiger partial charge on any atom is 0.243 e. The second-order valence-electron chi connectivity index (χ2n) is 9.32. The Bertz CT molecular complexity index is 1100. The Kier molecular flexibility index (Phi) is 9.88. The molecule has 1 atom stereocenters. The summed E-state index contributed by atoms with van der Waals surface area (Å²) in [7, 11) is 0. The maximum atomic E-state index is 13.7. The van der Waals surface area contributed by atoms with E-state index in [2.05, 4.69) is 5.32 Å². The molecule has 0 heterocycles. The zero-order chi connectivity index (χ0) is 25.2. The molecular weight excluding hydrogens is 488 g/mol. The van der Waals surface area contributed by atoms with Crippen molar-refractivity contribution < 1.29 is 9.59 Å². The van der Waals surface area contributed by atoms with Crippen LogP contribution in [-0.2, 0) is 28.3 Å². The summed E-state index contributed by atoms with van der Waals surface area (Å²) in [5.41, 5.74) is 3.18. The molecular formula is C30H33ClN2O2S. The number of hydrogen-bond donors (Lipinski definition) is 1. The van der Waals surface area contributed by atoms with Gasteiger partial charge in [0.05, 0.1) is 5.75 Å². The topological polar surface area (TPSA) is 49.4 Å². The molecule has 4 rings (SSSR count). The maximum absolute atomic E-state index is 13.7. The van der Waals surface area contributed by atoms with Crippen molar-refractivity contribution in [3.63, 3.8) is 0 Å². The summed E-state index contributed by atoms with van der Waals surface area (Å²) in [5, 5.41) is 3.96. The molecule has 1 aliphatic carbocycles. The minimum absolute atomic E-state index is 0.0275. The number of rotatable bonds is 11. The summed E-state index contributed by atoms with van der Waals surface area (Å²) in [6, 6.07) is 27.2. The summed E-state index contributed by atoms with van der Waals surface area (Å²) in [6.07, 6.45) is 4.78. The monoisotopic (exact) mass is 520 g/mol. The molecule has 0 aliphatic heterocycles. The molecule has 1 aliphatic rings. The normalized spacial score (nSPS) is 14.4. The Hall–Kier alpha value is -2.76. The van der Waals surface area contributed by atoms with E-state index < -0.39 is 6.04 Å². The predicted octanol–water partition coefficient (Wildman–Crippen LogP) is 6.27. The Balaban J connectivity index is 1.53. The third-order valence-corrected chi connectivity index (χ3v) is 7.82. The minimum Gasteiger partial charge on any atom is -0.352 e. The lowest BCUT2D eigenvalue weighted by Crippen LogP contribution is -2.52. The number of amides is 2. The van der Waals surface area contributed by atoms with Crippen LogP contribution in [0.25, 0.3) is 0 Å². The second-order valence-corrected chi connectivity index (χ2v) is 10.7. The van der Waals surface area contributed by atoms with E-state index in [1.54, 1.807) is 16.7 Å². The number of nitrogens with one attached hydrogen (secondary N) is 1. The molecule has 0 radical (unpaired) electrons. The van der Waals surface area contributed by atoms with Crippen molar-refractivity contribution in [1.29, 1.82) is 0 Å². The van der Waals surface area contributed by atoms with Crippen molar-refractivity contribution >= 4 is 35.2 Å². The van der Waals surface area contributed by atoms with Crippen LogP contribution in [-0.4, -0.2) is 34.6 Å². The van der Waals surface area contributed by atoms with Crippen LogP contribution in [0.1, 0.15) is 42.4 Å². The molecule has 1 fully saturated rings. The summed E-state index contributed by atoms with van der Waals surface area (Å²) in [6.45, 7) is 0.400. The quantitative estimate of drug-likeness (QED) is 0.324. The molecule has 36 heavy (non-hydrogen) atoms.